The fraction of sp³-hybridized carbons (Fsp3) is 0.214. The number of benzene rings is 1. The van der Waals surface area contributed by atoms with Gasteiger partial charge < -0.3 is 14.8 Å². The number of phenols is 1. The van der Waals surface area contributed by atoms with Crippen molar-refractivity contribution in [2.75, 3.05) is 0 Å². The van der Waals surface area contributed by atoms with Crippen molar-refractivity contribution in [3.8, 4) is 17.2 Å². The van der Waals surface area contributed by atoms with Crippen molar-refractivity contribution in [1.29, 1.82) is 0 Å². The van der Waals surface area contributed by atoms with Crippen LogP contribution < -0.4 is 10.3 Å². The molecule has 0 spiro atoms. The van der Waals surface area contributed by atoms with Gasteiger partial charge in [0.1, 0.15) is 26.7 Å². The van der Waals surface area contributed by atoms with E-state index in [2.05, 4.69) is 4.98 Å². The van der Waals surface area contributed by atoms with Crippen LogP contribution in [0, 0.1) is 0 Å². The van der Waals surface area contributed by atoms with E-state index >= 15 is 0 Å². The molecule has 0 amide bonds. The summed E-state index contributed by atoms with van der Waals surface area (Å²) in [7, 11) is 0. The molecular formula is C14H12Cl3NO3. The smallest absolute Gasteiger partial charge is 0.271 e. The van der Waals surface area contributed by atoms with Crippen molar-refractivity contribution in [3.63, 3.8) is 0 Å². The van der Waals surface area contributed by atoms with E-state index in [-0.39, 0.29) is 32.6 Å². The first kappa shape index (κ1) is 16.0. The minimum absolute atomic E-state index is 0.0143. The molecule has 2 aromatic rings. The molecule has 4 nitrogen and oxygen atoms in total. The zero-order valence-electron chi connectivity index (χ0n) is 11.2. The van der Waals surface area contributed by atoms with Crippen LogP contribution in [0.2, 0.25) is 15.2 Å². The van der Waals surface area contributed by atoms with Gasteiger partial charge in [0.25, 0.3) is 5.56 Å². The van der Waals surface area contributed by atoms with Gasteiger partial charge in [0.2, 0.25) is 0 Å². The number of hydrogen-bond acceptors (Lipinski definition) is 3. The molecule has 0 aliphatic carbocycles. The Morgan fingerprint density at radius 1 is 1.19 bits per heavy atom. The molecule has 0 saturated heterocycles. The Morgan fingerprint density at radius 3 is 2.48 bits per heavy atom. The molecule has 7 heteroatoms. The summed E-state index contributed by atoms with van der Waals surface area (Å²) in [5.74, 6) is 0.634. The molecule has 1 aromatic heterocycles. The number of H-pyrrole nitrogens is 1. The van der Waals surface area contributed by atoms with Crippen LogP contribution in [0.5, 0.6) is 17.2 Å². The van der Waals surface area contributed by atoms with Gasteiger partial charge in [-0.2, -0.15) is 0 Å². The van der Waals surface area contributed by atoms with Gasteiger partial charge >= 0.3 is 0 Å². The minimum Gasteiger partial charge on any atom is -0.508 e. The molecule has 0 bridgehead atoms. The van der Waals surface area contributed by atoms with Gasteiger partial charge in [0, 0.05) is 5.56 Å². The first-order valence-electron chi connectivity index (χ1n) is 6.08. The Kier molecular flexibility index (Phi) is 4.71. The lowest BCUT2D eigenvalue weighted by Crippen LogP contribution is -2.08. The second kappa shape index (κ2) is 6.18. The van der Waals surface area contributed by atoms with Gasteiger partial charge in [0.15, 0.2) is 5.75 Å². The van der Waals surface area contributed by atoms with Crippen LogP contribution in [0.25, 0.3) is 0 Å². The second-order valence-corrected chi connectivity index (χ2v) is 5.84. The topological polar surface area (TPSA) is 62.3 Å². The third-order valence-corrected chi connectivity index (χ3v) is 3.94. The van der Waals surface area contributed by atoms with Crippen LogP contribution >= 0.6 is 34.8 Å². The molecule has 1 aromatic carbocycles. The maximum absolute atomic E-state index is 11.6. The van der Waals surface area contributed by atoms with Crippen molar-refractivity contribution < 1.29 is 9.84 Å². The highest BCUT2D eigenvalue weighted by Crippen LogP contribution is 2.39. The molecular weight excluding hydrogens is 337 g/mol. The van der Waals surface area contributed by atoms with Crippen molar-refractivity contribution >= 4 is 34.8 Å². The van der Waals surface area contributed by atoms with E-state index in [1.54, 1.807) is 12.1 Å². The molecule has 2 N–H and O–H groups in total. The number of aromatic amines is 1. The predicted octanol–water partition coefficient (Wildman–Crippen LogP) is 4.96. The summed E-state index contributed by atoms with van der Waals surface area (Å²) in [6.45, 7) is 3.87. The van der Waals surface area contributed by atoms with Gasteiger partial charge in [-0.3, -0.25) is 4.79 Å². The van der Waals surface area contributed by atoms with Gasteiger partial charge in [-0.1, -0.05) is 48.7 Å². The molecule has 0 fully saturated rings. The molecule has 0 aliphatic rings. The average Bonchev–Trinajstić information content (AvgIpc) is 2.43. The molecule has 21 heavy (non-hydrogen) atoms. The molecule has 0 radical (unpaired) electrons. The van der Waals surface area contributed by atoms with Crippen molar-refractivity contribution in [1.82, 2.24) is 4.98 Å². The number of ether oxygens (including phenoxy) is 1. The first-order chi connectivity index (χ1) is 9.81. The predicted molar refractivity (Wildman–Crippen MR) is 84.4 cm³/mol. The number of aromatic hydroxyl groups is 1. The third-order valence-electron chi connectivity index (χ3n) is 2.85. The second-order valence-electron chi connectivity index (χ2n) is 4.70. The summed E-state index contributed by atoms with van der Waals surface area (Å²) in [5, 5.41) is 9.56. The van der Waals surface area contributed by atoms with E-state index in [4.69, 9.17) is 39.5 Å². The zero-order chi connectivity index (χ0) is 15.7. The summed E-state index contributed by atoms with van der Waals surface area (Å²) < 4.78 is 5.57. The standard InChI is InChI=1S/C14H12Cl3NO3/c1-6(2)8-5-7(3-4-9(8)19)21-12-10(15)13(17)18-14(20)11(12)16/h3-6,19H,1-2H3,(H,18,20). The minimum atomic E-state index is -0.594. The van der Waals surface area contributed by atoms with Crippen LogP contribution in [0.4, 0.5) is 0 Å². The van der Waals surface area contributed by atoms with Crippen LogP contribution in [0.3, 0.4) is 0 Å². The Balaban J connectivity index is 2.49. The quantitative estimate of drug-likeness (QED) is 0.771. The normalized spacial score (nSPS) is 11.0. The number of nitrogens with one attached hydrogen (secondary N) is 1. The van der Waals surface area contributed by atoms with Crippen molar-refractivity contribution in [2.24, 2.45) is 0 Å². The molecule has 0 unspecified atom stereocenters. The zero-order valence-corrected chi connectivity index (χ0v) is 13.5. The Morgan fingerprint density at radius 2 is 1.86 bits per heavy atom. The molecule has 0 saturated carbocycles. The van der Waals surface area contributed by atoms with Gasteiger partial charge in [-0.15, -0.1) is 0 Å². The number of hydrogen-bond donors (Lipinski definition) is 2. The Labute approximate surface area is 136 Å². The number of halogens is 3. The fourth-order valence-electron chi connectivity index (χ4n) is 1.77. The third kappa shape index (κ3) is 3.28. The van der Waals surface area contributed by atoms with E-state index in [1.807, 2.05) is 13.8 Å². The highest BCUT2D eigenvalue weighted by molar-refractivity contribution is 6.43. The highest BCUT2D eigenvalue weighted by atomic mass is 35.5. The number of phenolic OH excluding ortho intramolecular Hbond substituents is 1. The average molecular weight is 349 g/mol. The van der Waals surface area contributed by atoms with E-state index in [1.165, 1.54) is 6.07 Å². The monoisotopic (exact) mass is 347 g/mol. The van der Waals surface area contributed by atoms with Crippen LogP contribution in [0.15, 0.2) is 23.0 Å². The van der Waals surface area contributed by atoms with Crippen LogP contribution in [0.1, 0.15) is 25.3 Å². The summed E-state index contributed by atoms with van der Waals surface area (Å²) in [5.41, 5.74) is 0.111. The number of rotatable bonds is 3. The van der Waals surface area contributed by atoms with E-state index in [0.29, 0.717) is 11.3 Å². The summed E-state index contributed by atoms with van der Waals surface area (Å²) in [6.07, 6.45) is 0. The SMILES string of the molecule is CC(C)c1cc(Oc2c(Cl)c(Cl)[nH]c(=O)c2Cl)ccc1O. The largest absolute Gasteiger partial charge is 0.508 e. The van der Waals surface area contributed by atoms with E-state index in [0.717, 1.165) is 0 Å². The lowest BCUT2D eigenvalue weighted by Gasteiger charge is -2.13. The van der Waals surface area contributed by atoms with Crippen molar-refractivity contribution in [2.45, 2.75) is 19.8 Å². The van der Waals surface area contributed by atoms with Crippen molar-refractivity contribution in [3.05, 3.63) is 49.3 Å². The highest BCUT2D eigenvalue weighted by Gasteiger charge is 2.17. The summed E-state index contributed by atoms with van der Waals surface area (Å²) in [4.78, 5) is 13.9. The van der Waals surface area contributed by atoms with Crippen LogP contribution in [-0.4, -0.2) is 10.1 Å². The molecule has 1 heterocycles. The molecule has 2 rings (SSSR count). The number of aromatic nitrogens is 1. The first-order valence-corrected chi connectivity index (χ1v) is 7.22. The molecule has 0 aliphatic heterocycles. The Hall–Kier alpha value is -1.36. The lowest BCUT2D eigenvalue weighted by molar-refractivity contribution is 0.454. The maximum Gasteiger partial charge on any atom is 0.271 e. The molecule has 0 atom stereocenters. The molecule has 112 valence electrons. The lowest BCUT2D eigenvalue weighted by atomic mass is 10.0. The fourth-order valence-corrected chi connectivity index (χ4v) is 2.36. The van der Waals surface area contributed by atoms with Crippen LogP contribution in [-0.2, 0) is 0 Å². The van der Waals surface area contributed by atoms with E-state index in [9.17, 15) is 9.90 Å². The van der Waals surface area contributed by atoms with E-state index < -0.39 is 5.56 Å². The number of pyridine rings is 1. The van der Waals surface area contributed by atoms with Gasteiger partial charge in [-0.05, 0) is 24.1 Å². The van der Waals surface area contributed by atoms with Gasteiger partial charge in [0.05, 0.1) is 0 Å². The summed E-state index contributed by atoms with van der Waals surface area (Å²) in [6, 6.07) is 4.70. The Bertz CT molecular complexity index is 741. The van der Waals surface area contributed by atoms with Gasteiger partial charge in [-0.25, -0.2) is 0 Å². The maximum atomic E-state index is 11.6. The summed E-state index contributed by atoms with van der Waals surface area (Å²) >= 11 is 17.7.